The van der Waals surface area contributed by atoms with E-state index < -0.39 is 0 Å². The van der Waals surface area contributed by atoms with E-state index in [-0.39, 0.29) is 0 Å². The van der Waals surface area contributed by atoms with Crippen molar-refractivity contribution in [1.29, 1.82) is 0 Å². The topological polar surface area (TPSA) is 13.0 Å². The molecule has 0 saturated heterocycles. The summed E-state index contributed by atoms with van der Waals surface area (Å²) in [5.41, 5.74) is 0. The lowest BCUT2D eigenvalue weighted by atomic mass is 10.2. The van der Waals surface area contributed by atoms with Gasteiger partial charge in [0.05, 0.1) is 20.0 Å². The van der Waals surface area contributed by atoms with E-state index in [9.17, 15) is 0 Å². The van der Waals surface area contributed by atoms with Crippen molar-refractivity contribution >= 4 is 0 Å². The Balaban J connectivity index is 1.55. The standard InChI is InChI=1S/C19H36N4/c1-3-5-7-9-11-20-13-15-22(17-20)19-23-16-14-21(18-23)12-10-8-6-4-2/h13-16H,3-12,17-19H2,1-2H3. The first-order valence-corrected chi connectivity index (χ1v) is 9.64. The molecule has 4 nitrogen and oxygen atoms in total. The number of rotatable bonds is 12. The zero-order chi connectivity index (χ0) is 16.3. The predicted molar refractivity (Wildman–Crippen MR) is 98.3 cm³/mol. The van der Waals surface area contributed by atoms with E-state index in [1.807, 2.05) is 0 Å². The van der Waals surface area contributed by atoms with Crippen molar-refractivity contribution in [2.45, 2.75) is 65.2 Å². The largest absolute Gasteiger partial charge is 0.359 e. The molecule has 0 bridgehead atoms. The molecule has 0 aromatic carbocycles. The van der Waals surface area contributed by atoms with Crippen molar-refractivity contribution in [3.05, 3.63) is 24.8 Å². The summed E-state index contributed by atoms with van der Waals surface area (Å²) in [6.45, 7) is 10.0. The Morgan fingerprint density at radius 1 is 0.565 bits per heavy atom. The second-order valence-electron chi connectivity index (χ2n) is 6.94. The fraction of sp³-hybridized carbons (Fsp3) is 0.789. The first kappa shape index (κ1) is 18.0. The van der Waals surface area contributed by atoms with Gasteiger partial charge in [-0.1, -0.05) is 52.4 Å². The van der Waals surface area contributed by atoms with Gasteiger partial charge in [-0.3, -0.25) is 0 Å². The van der Waals surface area contributed by atoms with Gasteiger partial charge in [0, 0.05) is 37.9 Å². The minimum atomic E-state index is 1.00. The maximum atomic E-state index is 2.44. The molecule has 0 aromatic rings. The molecule has 23 heavy (non-hydrogen) atoms. The zero-order valence-electron chi connectivity index (χ0n) is 15.3. The summed E-state index contributed by atoms with van der Waals surface area (Å²) >= 11 is 0. The molecule has 0 spiro atoms. The van der Waals surface area contributed by atoms with Crippen molar-refractivity contribution in [3.63, 3.8) is 0 Å². The van der Waals surface area contributed by atoms with Gasteiger partial charge in [-0.25, -0.2) is 0 Å². The van der Waals surface area contributed by atoms with E-state index in [0.29, 0.717) is 0 Å². The van der Waals surface area contributed by atoms with Crippen molar-refractivity contribution in [3.8, 4) is 0 Å². The highest BCUT2D eigenvalue weighted by Gasteiger charge is 2.17. The molecule has 0 fully saturated rings. The summed E-state index contributed by atoms with van der Waals surface area (Å²) in [5, 5.41) is 0. The Bertz CT molecular complexity index is 332. The Kier molecular flexibility index (Phi) is 8.19. The maximum Gasteiger partial charge on any atom is 0.0927 e. The molecule has 0 unspecified atom stereocenters. The zero-order valence-corrected chi connectivity index (χ0v) is 15.3. The second-order valence-corrected chi connectivity index (χ2v) is 6.94. The van der Waals surface area contributed by atoms with Gasteiger partial charge in [-0.05, 0) is 12.8 Å². The molecule has 0 amide bonds. The molecule has 2 aliphatic heterocycles. The molecular formula is C19H36N4. The SMILES string of the molecule is CCCCCCN1C=CN(CN2C=CN(CCCCCC)C2)C1. The highest BCUT2D eigenvalue weighted by atomic mass is 15.4. The Hall–Kier alpha value is -1.32. The van der Waals surface area contributed by atoms with Crippen LogP contribution in [0.4, 0.5) is 0 Å². The van der Waals surface area contributed by atoms with E-state index in [0.717, 1.165) is 20.0 Å². The molecule has 2 heterocycles. The number of hydrogen-bond acceptors (Lipinski definition) is 4. The molecule has 0 aliphatic carbocycles. The average Bonchev–Trinajstić information content (AvgIpc) is 3.18. The second kappa shape index (κ2) is 10.5. The third kappa shape index (κ3) is 6.76. The summed E-state index contributed by atoms with van der Waals surface area (Å²) < 4.78 is 0. The van der Waals surface area contributed by atoms with E-state index >= 15 is 0 Å². The van der Waals surface area contributed by atoms with E-state index in [2.05, 4.69) is 58.2 Å². The maximum absolute atomic E-state index is 2.44. The molecule has 0 atom stereocenters. The molecule has 0 saturated carbocycles. The molecule has 132 valence electrons. The van der Waals surface area contributed by atoms with Gasteiger partial charge >= 0.3 is 0 Å². The lowest BCUT2D eigenvalue weighted by Crippen LogP contribution is -2.36. The minimum absolute atomic E-state index is 1.00. The fourth-order valence-corrected chi connectivity index (χ4v) is 3.22. The van der Waals surface area contributed by atoms with E-state index in [1.165, 1.54) is 64.5 Å². The van der Waals surface area contributed by atoms with Gasteiger partial charge in [0.1, 0.15) is 0 Å². The van der Waals surface area contributed by atoms with Crippen LogP contribution in [-0.4, -0.2) is 52.7 Å². The van der Waals surface area contributed by atoms with Crippen molar-refractivity contribution in [1.82, 2.24) is 19.6 Å². The Morgan fingerprint density at radius 3 is 1.43 bits per heavy atom. The molecular weight excluding hydrogens is 284 g/mol. The summed E-state index contributed by atoms with van der Waals surface area (Å²) in [6, 6.07) is 0. The highest BCUT2D eigenvalue weighted by Crippen LogP contribution is 2.14. The van der Waals surface area contributed by atoms with Crippen LogP contribution in [0.15, 0.2) is 24.8 Å². The lowest BCUT2D eigenvalue weighted by molar-refractivity contribution is 0.161. The average molecular weight is 321 g/mol. The van der Waals surface area contributed by atoms with Gasteiger partial charge in [0.2, 0.25) is 0 Å². The third-order valence-electron chi connectivity index (χ3n) is 4.66. The molecule has 0 radical (unpaired) electrons. The van der Waals surface area contributed by atoms with Crippen LogP contribution in [0.2, 0.25) is 0 Å². The predicted octanol–water partition coefficient (Wildman–Crippen LogP) is 4.20. The van der Waals surface area contributed by atoms with Crippen LogP contribution >= 0.6 is 0 Å². The van der Waals surface area contributed by atoms with Gasteiger partial charge in [-0.15, -0.1) is 0 Å². The van der Waals surface area contributed by atoms with Crippen LogP contribution in [0.25, 0.3) is 0 Å². The van der Waals surface area contributed by atoms with Crippen LogP contribution in [0.3, 0.4) is 0 Å². The summed E-state index contributed by atoms with van der Waals surface area (Å²) in [4.78, 5) is 9.70. The molecule has 2 aliphatic rings. The smallest absolute Gasteiger partial charge is 0.0927 e. The molecule has 0 aromatic heterocycles. The first-order valence-electron chi connectivity index (χ1n) is 9.64. The normalized spacial score (nSPS) is 17.1. The number of nitrogens with zero attached hydrogens (tertiary/aromatic N) is 4. The summed E-state index contributed by atoms with van der Waals surface area (Å²) in [5.74, 6) is 0. The van der Waals surface area contributed by atoms with Crippen LogP contribution in [0.5, 0.6) is 0 Å². The quantitative estimate of drug-likeness (QED) is 0.500. The number of unbranched alkanes of at least 4 members (excludes halogenated alkanes) is 6. The molecule has 2 rings (SSSR count). The van der Waals surface area contributed by atoms with Gasteiger partial charge in [0.25, 0.3) is 0 Å². The summed E-state index contributed by atoms with van der Waals surface area (Å²) in [7, 11) is 0. The van der Waals surface area contributed by atoms with E-state index in [1.54, 1.807) is 0 Å². The van der Waals surface area contributed by atoms with Crippen molar-refractivity contribution in [2.75, 3.05) is 33.1 Å². The van der Waals surface area contributed by atoms with Gasteiger partial charge in [-0.2, -0.15) is 0 Å². The van der Waals surface area contributed by atoms with E-state index in [4.69, 9.17) is 0 Å². The van der Waals surface area contributed by atoms with Crippen LogP contribution < -0.4 is 0 Å². The fourth-order valence-electron chi connectivity index (χ4n) is 3.22. The number of hydrogen-bond donors (Lipinski definition) is 0. The lowest BCUT2D eigenvalue weighted by Gasteiger charge is -2.27. The van der Waals surface area contributed by atoms with Gasteiger partial charge in [0.15, 0.2) is 0 Å². The monoisotopic (exact) mass is 320 g/mol. The van der Waals surface area contributed by atoms with Crippen LogP contribution in [-0.2, 0) is 0 Å². The molecule has 4 heteroatoms. The Morgan fingerprint density at radius 2 is 1.00 bits per heavy atom. The van der Waals surface area contributed by atoms with Crippen molar-refractivity contribution in [2.24, 2.45) is 0 Å². The highest BCUT2D eigenvalue weighted by molar-refractivity contribution is 4.94. The Labute approximate surface area is 143 Å². The van der Waals surface area contributed by atoms with Gasteiger partial charge < -0.3 is 19.6 Å². The minimum Gasteiger partial charge on any atom is -0.359 e. The first-order chi connectivity index (χ1) is 11.3. The van der Waals surface area contributed by atoms with Crippen molar-refractivity contribution < 1.29 is 0 Å². The van der Waals surface area contributed by atoms with Crippen LogP contribution in [0, 0.1) is 0 Å². The molecule has 0 N–H and O–H groups in total. The summed E-state index contributed by atoms with van der Waals surface area (Å²) in [6.07, 6.45) is 19.8. The third-order valence-corrected chi connectivity index (χ3v) is 4.66. The van der Waals surface area contributed by atoms with Crippen LogP contribution in [0.1, 0.15) is 65.2 Å².